The standard InChI is InChI=1S/C13H22O3/c1-15-10-9-12-3-6-13(7-4-12,8-5-12)11(14)16-2/h3-10H2,1-2H3. The highest BCUT2D eigenvalue weighted by Gasteiger charge is 2.52. The average Bonchev–Trinajstić information content (AvgIpc) is 2.37. The Labute approximate surface area is 97.5 Å². The second kappa shape index (κ2) is 4.36. The van der Waals surface area contributed by atoms with Gasteiger partial charge in [0.2, 0.25) is 0 Å². The van der Waals surface area contributed by atoms with Crippen molar-refractivity contribution in [3.05, 3.63) is 0 Å². The molecule has 16 heavy (non-hydrogen) atoms. The van der Waals surface area contributed by atoms with Crippen LogP contribution in [-0.2, 0) is 14.3 Å². The Morgan fingerprint density at radius 1 is 1.06 bits per heavy atom. The maximum absolute atomic E-state index is 11.8. The first-order valence-electron chi connectivity index (χ1n) is 6.24. The molecular weight excluding hydrogens is 204 g/mol. The molecule has 3 heteroatoms. The van der Waals surface area contributed by atoms with E-state index in [-0.39, 0.29) is 11.4 Å². The van der Waals surface area contributed by atoms with Crippen LogP contribution in [0.1, 0.15) is 44.9 Å². The topological polar surface area (TPSA) is 35.5 Å². The molecule has 0 atom stereocenters. The Kier molecular flexibility index (Phi) is 3.24. The molecule has 3 rings (SSSR count). The maximum atomic E-state index is 11.8. The van der Waals surface area contributed by atoms with E-state index in [2.05, 4.69) is 0 Å². The van der Waals surface area contributed by atoms with Crippen LogP contribution in [0.3, 0.4) is 0 Å². The predicted octanol–water partition coefficient (Wildman–Crippen LogP) is 2.54. The number of methoxy groups -OCH3 is 2. The van der Waals surface area contributed by atoms with Crippen LogP contribution in [0, 0.1) is 10.8 Å². The lowest BCUT2D eigenvalue weighted by Crippen LogP contribution is -2.46. The fourth-order valence-corrected chi connectivity index (χ4v) is 3.48. The van der Waals surface area contributed by atoms with Gasteiger partial charge in [0.15, 0.2) is 0 Å². The molecule has 2 bridgehead atoms. The van der Waals surface area contributed by atoms with Crippen molar-refractivity contribution in [1.29, 1.82) is 0 Å². The third-order valence-corrected chi connectivity index (χ3v) is 4.86. The van der Waals surface area contributed by atoms with Gasteiger partial charge in [0.1, 0.15) is 0 Å². The second-order valence-electron chi connectivity index (χ2n) is 5.51. The van der Waals surface area contributed by atoms with E-state index in [1.807, 2.05) is 0 Å². The summed E-state index contributed by atoms with van der Waals surface area (Å²) in [5, 5.41) is 0. The second-order valence-corrected chi connectivity index (χ2v) is 5.51. The van der Waals surface area contributed by atoms with Crippen LogP contribution in [-0.4, -0.2) is 26.8 Å². The van der Waals surface area contributed by atoms with E-state index in [0.29, 0.717) is 5.41 Å². The van der Waals surface area contributed by atoms with Gasteiger partial charge in [0.25, 0.3) is 0 Å². The van der Waals surface area contributed by atoms with Gasteiger partial charge in [-0.3, -0.25) is 4.79 Å². The summed E-state index contributed by atoms with van der Waals surface area (Å²) in [4.78, 5) is 11.8. The first kappa shape index (κ1) is 11.9. The predicted molar refractivity (Wildman–Crippen MR) is 61.1 cm³/mol. The maximum Gasteiger partial charge on any atom is 0.311 e. The van der Waals surface area contributed by atoms with Crippen LogP contribution >= 0.6 is 0 Å². The largest absolute Gasteiger partial charge is 0.469 e. The Morgan fingerprint density at radius 3 is 2.06 bits per heavy atom. The number of esters is 1. The molecule has 3 saturated carbocycles. The number of carbonyl (C=O) groups excluding carboxylic acids is 1. The molecule has 0 saturated heterocycles. The van der Waals surface area contributed by atoms with Crippen LogP contribution in [0.4, 0.5) is 0 Å². The van der Waals surface area contributed by atoms with E-state index >= 15 is 0 Å². The highest BCUT2D eigenvalue weighted by molar-refractivity contribution is 5.77. The summed E-state index contributed by atoms with van der Waals surface area (Å²) in [6.45, 7) is 0.852. The number of hydrogen-bond acceptors (Lipinski definition) is 3. The van der Waals surface area contributed by atoms with Gasteiger partial charge in [-0.25, -0.2) is 0 Å². The molecular formula is C13H22O3. The third kappa shape index (κ3) is 1.86. The van der Waals surface area contributed by atoms with Crippen molar-refractivity contribution < 1.29 is 14.3 Å². The van der Waals surface area contributed by atoms with Crippen molar-refractivity contribution in [1.82, 2.24) is 0 Å². The highest BCUT2D eigenvalue weighted by atomic mass is 16.5. The molecule has 0 unspecified atom stereocenters. The molecule has 3 fully saturated rings. The first-order chi connectivity index (χ1) is 7.66. The Morgan fingerprint density at radius 2 is 1.62 bits per heavy atom. The van der Waals surface area contributed by atoms with Crippen molar-refractivity contribution in [2.24, 2.45) is 10.8 Å². The molecule has 92 valence electrons. The molecule has 0 aliphatic heterocycles. The summed E-state index contributed by atoms with van der Waals surface area (Å²) < 4.78 is 10.1. The number of hydrogen-bond donors (Lipinski definition) is 0. The summed E-state index contributed by atoms with van der Waals surface area (Å²) in [6, 6.07) is 0. The van der Waals surface area contributed by atoms with Crippen LogP contribution in [0.15, 0.2) is 0 Å². The third-order valence-electron chi connectivity index (χ3n) is 4.86. The van der Waals surface area contributed by atoms with E-state index in [0.717, 1.165) is 32.3 Å². The van der Waals surface area contributed by atoms with Gasteiger partial charge in [-0.05, 0) is 50.4 Å². The van der Waals surface area contributed by atoms with Gasteiger partial charge in [-0.1, -0.05) is 0 Å². The molecule has 0 N–H and O–H groups in total. The molecule has 0 radical (unpaired) electrons. The SMILES string of the molecule is COCCC12CCC(C(=O)OC)(CC1)CC2. The van der Waals surface area contributed by atoms with E-state index < -0.39 is 0 Å². The van der Waals surface area contributed by atoms with Gasteiger partial charge in [0, 0.05) is 13.7 Å². The first-order valence-corrected chi connectivity index (χ1v) is 6.24. The minimum atomic E-state index is -0.135. The van der Waals surface area contributed by atoms with Gasteiger partial charge >= 0.3 is 5.97 Å². The molecule has 0 heterocycles. The Hall–Kier alpha value is -0.570. The van der Waals surface area contributed by atoms with Crippen molar-refractivity contribution in [3.8, 4) is 0 Å². The molecule has 3 nitrogen and oxygen atoms in total. The zero-order chi connectivity index (χ0) is 11.6. The number of carbonyl (C=O) groups is 1. The van der Waals surface area contributed by atoms with Crippen molar-refractivity contribution in [2.75, 3.05) is 20.8 Å². The highest BCUT2D eigenvalue weighted by Crippen LogP contribution is 2.58. The fraction of sp³-hybridized carbons (Fsp3) is 0.923. The Balaban J connectivity index is 2.00. The molecule has 3 aliphatic carbocycles. The quantitative estimate of drug-likeness (QED) is 0.691. The smallest absolute Gasteiger partial charge is 0.311 e. The summed E-state index contributed by atoms with van der Waals surface area (Å²) >= 11 is 0. The van der Waals surface area contributed by atoms with E-state index in [4.69, 9.17) is 9.47 Å². The van der Waals surface area contributed by atoms with Crippen molar-refractivity contribution in [2.45, 2.75) is 44.9 Å². The lowest BCUT2D eigenvalue weighted by Gasteiger charge is -2.51. The molecule has 0 aromatic carbocycles. The van der Waals surface area contributed by atoms with Crippen LogP contribution in [0.5, 0.6) is 0 Å². The van der Waals surface area contributed by atoms with Crippen molar-refractivity contribution >= 4 is 5.97 Å². The van der Waals surface area contributed by atoms with Crippen LogP contribution in [0.2, 0.25) is 0 Å². The molecule has 0 aromatic heterocycles. The van der Waals surface area contributed by atoms with Crippen LogP contribution < -0.4 is 0 Å². The summed E-state index contributed by atoms with van der Waals surface area (Å²) in [6.07, 6.45) is 7.72. The van der Waals surface area contributed by atoms with E-state index in [1.54, 1.807) is 7.11 Å². The number of rotatable bonds is 4. The molecule has 0 amide bonds. The minimum Gasteiger partial charge on any atom is -0.469 e. The van der Waals surface area contributed by atoms with E-state index in [9.17, 15) is 4.79 Å². The molecule has 0 spiro atoms. The van der Waals surface area contributed by atoms with Gasteiger partial charge in [-0.15, -0.1) is 0 Å². The summed E-state index contributed by atoms with van der Waals surface area (Å²) in [5.41, 5.74) is 0.329. The fourth-order valence-electron chi connectivity index (χ4n) is 3.48. The normalized spacial score (nSPS) is 37.4. The lowest BCUT2D eigenvalue weighted by atomic mass is 9.53. The summed E-state index contributed by atoms with van der Waals surface area (Å²) in [7, 11) is 3.28. The average molecular weight is 226 g/mol. The van der Waals surface area contributed by atoms with Crippen LogP contribution in [0.25, 0.3) is 0 Å². The van der Waals surface area contributed by atoms with Crippen molar-refractivity contribution in [3.63, 3.8) is 0 Å². The zero-order valence-electron chi connectivity index (χ0n) is 10.4. The van der Waals surface area contributed by atoms with Gasteiger partial charge < -0.3 is 9.47 Å². The summed E-state index contributed by atoms with van der Waals surface area (Å²) in [5.74, 6) is 0.0209. The zero-order valence-corrected chi connectivity index (χ0v) is 10.4. The monoisotopic (exact) mass is 226 g/mol. The van der Waals surface area contributed by atoms with E-state index in [1.165, 1.54) is 26.4 Å². The Bertz CT molecular complexity index is 248. The number of ether oxygens (including phenoxy) is 2. The molecule has 3 aliphatic rings. The lowest BCUT2D eigenvalue weighted by molar-refractivity contribution is -0.163. The van der Waals surface area contributed by atoms with Gasteiger partial charge in [0.05, 0.1) is 12.5 Å². The van der Waals surface area contributed by atoms with Gasteiger partial charge in [-0.2, -0.15) is 0 Å². The minimum absolute atomic E-state index is 0.0209. The molecule has 0 aromatic rings. The number of fused-ring (bicyclic) bond motifs is 3.